The summed E-state index contributed by atoms with van der Waals surface area (Å²) in [5.41, 5.74) is 5.31. The highest BCUT2D eigenvalue weighted by Crippen LogP contribution is 2.24. The summed E-state index contributed by atoms with van der Waals surface area (Å²) in [6.45, 7) is 7.05. The Hall–Kier alpha value is -3.88. The van der Waals surface area contributed by atoms with Crippen LogP contribution in [0, 0.1) is 0 Å². The number of anilines is 3. The molecule has 1 unspecified atom stereocenters. The van der Waals surface area contributed by atoms with Gasteiger partial charge in [-0.2, -0.15) is 0 Å². The van der Waals surface area contributed by atoms with E-state index in [4.69, 9.17) is 4.74 Å². The number of nitrogens with zero attached hydrogens (tertiary/aromatic N) is 4. The van der Waals surface area contributed by atoms with Crippen LogP contribution >= 0.6 is 0 Å². The molecule has 3 N–H and O–H groups in total. The summed E-state index contributed by atoms with van der Waals surface area (Å²) in [5, 5.41) is 25.7. The summed E-state index contributed by atoms with van der Waals surface area (Å²) in [7, 11) is 1.61. The number of rotatable bonds is 11. The van der Waals surface area contributed by atoms with Crippen LogP contribution in [0.15, 0.2) is 79.0 Å². The molecule has 8 heteroatoms. The summed E-state index contributed by atoms with van der Waals surface area (Å²) in [5.74, 6) is 0.705. The number of ether oxygens (including phenoxy) is 1. The van der Waals surface area contributed by atoms with Crippen molar-refractivity contribution in [2.75, 3.05) is 30.8 Å². The Morgan fingerprint density at radius 1 is 0.943 bits per heavy atom. The first-order valence-corrected chi connectivity index (χ1v) is 11.8. The molecular weight excluding hydrogens is 440 g/mol. The Morgan fingerprint density at radius 3 is 2.43 bits per heavy atom. The minimum absolute atomic E-state index is 0.705. The quantitative estimate of drug-likeness (QED) is 0.266. The average molecular weight is 473 g/mol. The molecule has 0 spiro atoms. The summed E-state index contributed by atoms with van der Waals surface area (Å²) in [6, 6.07) is 23.2. The van der Waals surface area contributed by atoms with Crippen LogP contribution in [0.4, 0.5) is 17.1 Å². The van der Waals surface area contributed by atoms with E-state index in [2.05, 4.69) is 39.7 Å². The summed E-state index contributed by atoms with van der Waals surface area (Å²) >= 11 is 0. The summed E-state index contributed by atoms with van der Waals surface area (Å²) in [6.07, 6.45) is 1.14. The number of methoxy groups -OCH3 is 1. The molecule has 1 heterocycles. The Labute approximate surface area is 206 Å². The Balaban J connectivity index is 1.39. The molecule has 0 amide bonds. The van der Waals surface area contributed by atoms with Gasteiger partial charge in [0.25, 0.3) is 0 Å². The molecule has 0 bridgehead atoms. The lowest BCUT2D eigenvalue weighted by Gasteiger charge is -2.16. The summed E-state index contributed by atoms with van der Waals surface area (Å²) in [4.78, 5) is 2.31. The molecule has 0 fully saturated rings. The topological polar surface area (TPSA) is 87.5 Å². The predicted molar refractivity (Wildman–Crippen MR) is 139 cm³/mol. The van der Waals surface area contributed by atoms with Crippen LogP contribution < -0.4 is 15.4 Å². The number of nitrogens with one attached hydrogen (secondary N) is 2. The Morgan fingerprint density at radius 2 is 1.69 bits per heavy atom. The van der Waals surface area contributed by atoms with E-state index in [1.807, 2.05) is 79.0 Å². The van der Waals surface area contributed by atoms with Crippen LogP contribution in [0.2, 0.25) is 0 Å². The molecule has 0 aliphatic rings. The van der Waals surface area contributed by atoms with Crippen LogP contribution in [-0.2, 0) is 6.54 Å². The molecule has 0 aliphatic carbocycles. The third kappa shape index (κ3) is 6.38. The lowest BCUT2D eigenvalue weighted by atomic mass is 10.1. The van der Waals surface area contributed by atoms with Crippen molar-refractivity contribution in [2.45, 2.75) is 26.6 Å². The highest BCUT2D eigenvalue weighted by Gasteiger charge is 2.09. The molecule has 1 aromatic heterocycles. The van der Waals surface area contributed by atoms with Crippen molar-refractivity contribution in [2.24, 2.45) is 0 Å². The zero-order valence-electron chi connectivity index (χ0n) is 20.3. The highest BCUT2D eigenvalue weighted by molar-refractivity contribution is 5.64. The standard InChI is InChI=1S/C27H32N6O2/c1-4-32(5-2)18-24-19-33(31-30-24)25-10-7-9-23(17-25)28-21-12-14-22(15-13-21)29-27(34)20-8-6-11-26(16-20)35-3/h6-17,19,27-29,34H,4-5,18H2,1-3H3. The van der Waals surface area contributed by atoms with Crippen molar-refractivity contribution in [1.29, 1.82) is 0 Å². The maximum absolute atomic E-state index is 10.5. The van der Waals surface area contributed by atoms with Gasteiger partial charge in [0.15, 0.2) is 6.23 Å². The van der Waals surface area contributed by atoms with E-state index in [1.54, 1.807) is 11.8 Å². The van der Waals surface area contributed by atoms with Crippen molar-refractivity contribution in [3.63, 3.8) is 0 Å². The molecule has 4 rings (SSSR count). The second-order valence-electron chi connectivity index (χ2n) is 8.19. The van der Waals surface area contributed by atoms with E-state index < -0.39 is 6.23 Å². The molecule has 4 aromatic rings. The van der Waals surface area contributed by atoms with Crippen LogP contribution in [0.3, 0.4) is 0 Å². The molecule has 182 valence electrons. The lowest BCUT2D eigenvalue weighted by Crippen LogP contribution is -2.22. The van der Waals surface area contributed by atoms with Gasteiger partial charge in [-0.15, -0.1) is 5.10 Å². The van der Waals surface area contributed by atoms with Crippen molar-refractivity contribution in [3.05, 3.63) is 90.3 Å². The number of benzene rings is 3. The van der Waals surface area contributed by atoms with Crippen molar-refractivity contribution in [1.82, 2.24) is 19.9 Å². The number of aliphatic hydroxyl groups excluding tert-OH is 1. The van der Waals surface area contributed by atoms with E-state index in [1.165, 1.54) is 0 Å². The zero-order chi connectivity index (χ0) is 24.6. The number of hydrogen-bond acceptors (Lipinski definition) is 7. The largest absolute Gasteiger partial charge is 0.497 e. The number of aromatic nitrogens is 3. The zero-order valence-corrected chi connectivity index (χ0v) is 20.3. The second-order valence-corrected chi connectivity index (χ2v) is 8.19. The monoisotopic (exact) mass is 472 g/mol. The average Bonchev–Trinajstić information content (AvgIpc) is 3.37. The molecule has 3 aromatic carbocycles. The van der Waals surface area contributed by atoms with Crippen LogP contribution in [0.25, 0.3) is 5.69 Å². The van der Waals surface area contributed by atoms with Gasteiger partial charge < -0.3 is 20.5 Å². The lowest BCUT2D eigenvalue weighted by molar-refractivity contribution is 0.208. The first-order valence-electron chi connectivity index (χ1n) is 11.8. The third-order valence-corrected chi connectivity index (χ3v) is 5.82. The fourth-order valence-electron chi connectivity index (χ4n) is 3.77. The minimum atomic E-state index is -0.838. The van der Waals surface area contributed by atoms with Crippen LogP contribution in [-0.4, -0.2) is 45.2 Å². The maximum Gasteiger partial charge on any atom is 0.150 e. The van der Waals surface area contributed by atoms with E-state index in [-0.39, 0.29) is 0 Å². The Bertz CT molecular complexity index is 1220. The molecule has 0 saturated carbocycles. The third-order valence-electron chi connectivity index (χ3n) is 5.82. The van der Waals surface area contributed by atoms with Crippen molar-refractivity contribution < 1.29 is 9.84 Å². The van der Waals surface area contributed by atoms with Crippen molar-refractivity contribution in [3.8, 4) is 11.4 Å². The van der Waals surface area contributed by atoms with E-state index in [0.29, 0.717) is 5.75 Å². The predicted octanol–water partition coefficient (Wildman–Crippen LogP) is 4.96. The number of aliphatic hydroxyl groups is 1. The smallest absolute Gasteiger partial charge is 0.150 e. The summed E-state index contributed by atoms with van der Waals surface area (Å²) < 4.78 is 7.03. The van der Waals surface area contributed by atoms with Gasteiger partial charge in [-0.25, -0.2) is 4.68 Å². The molecule has 0 saturated heterocycles. The first-order chi connectivity index (χ1) is 17.1. The highest BCUT2D eigenvalue weighted by atomic mass is 16.5. The molecule has 35 heavy (non-hydrogen) atoms. The van der Waals surface area contributed by atoms with Crippen molar-refractivity contribution >= 4 is 17.1 Å². The molecule has 1 atom stereocenters. The Kier molecular flexibility index (Phi) is 7.97. The second kappa shape index (κ2) is 11.5. The minimum Gasteiger partial charge on any atom is -0.497 e. The molecular formula is C27H32N6O2. The fraction of sp³-hybridized carbons (Fsp3) is 0.259. The van der Waals surface area contributed by atoms with Gasteiger partial charge in [-0.3, -0.25) is 4.90 Å². The van der Waals surface area contributed by atoms with E-state index in [9.17, 15) is 5.11 Å². The van der Waals surface area contributed by atoms with Gasteiger partial charge in [-0.05, 0) is 67.7 Å². The van der Waals surface area contributed by atoms with Crippen LogP contribution in [0.5, 0.6) is 5.75 Å². The van der Waals surface area contributed by atoms with Gasteiger partial charge in [-0.1, -0.05) is 37.3 Å². The van der Waals surface area contributed by atoms with Gasteiger partial charge >= 0.3 is 0 Å². The SMILES string of the molecule is CCN(CC)Cc1cn(-c2cccc(Nc3ccc(NC(O)c4cccc(OC)c4)cc3)c2)nn1. The van der Waals surface area contributed by atoms with Crippen LogP contribution in [0.1, 0.15) is 31.3 Å². The number of hydrogen-bond donors (Lipinski definition) is 3. The van der Waals surface area contributed by atoms with E-state index in [0.717, 1.165) is 53.6 Å². The van der Waals surface area contributed by atoms with Gasteiger partial charge in [0, 0.05) is 29.2 Å². The molecule has 0 radical (unpaired) electrons. The van der Waals surface area contributed by atoms with Gasteiger partial charge in [0.1, 0.15) is 5.75 Å². The maximum atomic E-state index is 10.5. The van der Waals surface area contributed by atoms with E-state index >= 15 is 0 Å². The fourth-order valence-corrected chi connectivity index (χ4v) is 3.77. The molecule has 8 nitrogen and oxygen atoms in total. The van der Waals surface area contributed by atoms with Gasteiger partial charge in [0.2, 0.25) is 0 Å². The van der Waals surface area contributed by atoms with Gasteiger partial charge in [0.05, 0.1) is 24.7 Å². The molecule has 0 aliphatic heterocycles. The normalized spacial score (nSPS) is 11.9. The first kappa shape index (κ1) is 24.3.